The monoisotopic (exact) mass is 564 g/mol. The predicted molar refractivity (Wildman–Crippen MR) is 147 cm³/mol. The van der Waals surface area contributed by atoms with Crippen LogP contribution in [0.15, 0.2) is 66.1 Å². The number of aromatic nitrogens is 3. The van der Waals surface area contributed by atoms with Crippen molar-refractivity contribution in [3.63, 3.8) is 0 Å². The number of aryl methyl sites for hydroxylation is 3. The highest BCUT2D eigenvalue weighted by Crippen LogP contribution is 2.33. The van der Waals surface area contributed by atoms with Crippen molar-refractivity contribution in [2.24, 2.45) is 5.92 Å². The molecule has 1 N–H and O–H groups in total. The van der Waals surface area contributed by atoms with Gasteiger partial charge in [0.1, 0.15) is 22.9 Å². The Labute approximate surface area is 232 Å². The molecule has 0 spiro atoms. The second-order valence-corrected chi connectivity index (χ2v) is 11.4. The van der Waals surface area contributed by atoms with Gasteiger partial charge >= 0.3 is 0 Å². The van der Waals surface area contributed by atoms with Gasteiger partial charge in [-0.25, -0.2) is 19.1 Å². The summed E-state index contributed by atoms with van der Waals surface area (Å²) in [5, 5.41) is -0.422. The third-order valence-corrected chi connectivity index (χ3v) is 6.92. The van der Waals surface area contributed by atoms with Gasteiger partial charge in [0.25, 0.3) is 15.9 Å². The minimum Gasteiger partial charge on any atom is -0.493 e. The highest BCUT2D eigenvalue weighted by atomic mass is 32.2. The third-order valence-electron chi connectivity index (χ3n) is 5.70. The van der Waals surface area contributed by atoms with E-state index in [1.165, 1.54) is 36.7 Å². The maximum Gasteiger partial charge on any atom is 0.283 e. The average Bonchev–Trinajstić information content (AvgIpc) is 2.89. The minimum absolute atomic E-state index is 0.150. The summed E-state index contributed by atoms with van der Waals surface area (Å²) in [5.41, 5.74) is 3.13. The number of benzene rings is 2. The van der Waals surface area contributed by atoms with Gasteiger partial charge in [-0.05, 0) is 62.1 Å². The second-order valence-electron chi connectivity index (χ2n) is 9.74. The predicted octanol–water partition coefficient (Wildman–Crippen LogP) is 5.55. The molecule has 2 heterocycles. The molecule has 2 aromatic heterocycles. The van der Waals surface area contributed by atoms with E-state index in [1.54, 1.807) is 6.07 Å². The number of sulfonamides is 1. The summed E-state index contributed by atoms with van der Waals surface area (Å²) in [6.45, 7) is 10.0. The van der Waals surface area contributed by atoms with Gasteiger partial charge in [0.15, 0.2) is 5.03 Å². The average molecular weight is 565 g/mol. The molecule has 0 aliphatic rings. The van der Waals surface area contributed by atoms with E-state index >= 15 is 0 Å². The van der Waals surface area contributed by atoms with Crippen LogP contribution in [0.4, 0.5) is 4.39 Å². The van der Waals surface area contributed by atoms with Crippen LogP contribution in [-0.4, -0.2) is 35.9 Å². The van der Waals surface area contributed by atoms with Gasteiger partial charge in [0.2, 0.25) is 5.88 Å². The van der Waals surface area contributed by atoms with Crippen molar-refractivity contribution >= 4 is 15.9 Å². The molecule has 0 saturated heterocycles. The number of carbonyl (C=O) groups is 1. The van der Waals surface area contributed by atoms with Crippen molar-refractivity contribution in [1.82, 2.24) is 19.7 Å². The fraction of sp³-hybridized carbons (Fsp3) is 0.241. The van der Waals surface area contributed by atoms with E-state index in [0.717, 1.165) is 22.9 Å². The Hall–Kier alpha value is -4.38. The molecule has 208 valence electrons. The normalized spacial score (nSPS) is 11.4. The molecule has 2 aromatic carbocycles. The second kappa shape index (κ2) is 11.8. The summed E-state index contributed by atoms with van der Waals surface area (Å²) in [7, 11) is -4.33. The van der Waals surface area contributed by atoms with E-state index in [0.29, 0.717) is 29.4 Å². The Morgan fingerprint density at radius 3 is 2.40 bits per heavy atom. The number of nitrogens with one attached hydrogen (secondary N) is 1. The molecule has 0 fully saturated rings. The Balaban J connectivity index is 1.78. The maximum atomic E-state index is 14.5. The molecule has 0 unspecified atom stereocenters. The Morgan fingerprint density at radius 2 is 1.75 bits per heavy atom. The van der Waals surface area contributed by atoms with Crippen molar-refractivity contribution in [1.29, 1.82) is 0 Å². The van der Waals surface area contributed by atoms with E-state index in [2.05, 4.69) is 15.0 Å². The standard InChI is InChI=1S/C29H29FN4O5S/c1-17(2)16-38-23-13-21(12-22(30)14-23)25-7-6-24(28(35)34-40(36,37)26-15-31-8-9-32-26)29(33-25)39-27-19(4)10-18(3)11-20(27)5/h6-15,17H,16H2,1-5H3,(H,34,35). The zero-order chi connectivity index (χ0) is 29.0. The first-order chi connectivity index (χ1) is 18.9. The number of rotatable bonds is 9. The first-order valence-corrected chi connectivity index (χ1v) is 13.9. The Morgan fingerprint density at radius 1 is 1.02 bits per heavy atom. The van der Waals surface area contributed by atoms with Crippen molar-refractivity contribution in [3.8, 4) is 28.6 Å². The molecule has 0 bridgehead atoms. The van der Waals surface area contributed by atoms with Crippen molar-refractivity contribution < 1.29 is 27.1 Å². The molecule has 0 aliphatic heterocycles. The molecule has 0 radical (unpaired) electrons. The molecular formula is C29H29FN4O5S. The summed E-state index contributed by atoms with van der Waals surface area (Å²) in [6.07, 6.45) is 3.54. The van der Waals surface area contributed by atoms with Gasteiger partial charge in [0.05, 0.1) is 18.5 Å². The van der Waals surface area contributed by atoms with E-state index in [-0.39, 0.29) is 17.4 Å². The highest BCUT2D eigenvalue weighted by molar-refractivity contribution is 7.90. The lowest BCUT2D eigenvalue weighted by Gasteiger charge is -2.16. The summed E-state index contributed by atoms with van der Waals surface area (Å²) in [5.74, 6) is -0.642. The molecule has 11 heteroatoms. The lowest BCUT2D eigenvalue weighted by molar-refractivity contribution is 0.0978. The first-order valence-electron chi connectivity index (χ1n) is 12.5. The molecular weight excluding hydrogens is 535 g/mol. The van der Waals surface area contributed by atoms with E-state index in [9.17, 15) is 17.6 Å². The van der Waals surface area contributed by atoms with Crippen LogP contribution < -0.4 is 14.2 Å². The molecule has 0 saturated carbocycles. The fourth-order valence-electron chi connectivity index (χ4n) is 3.99. The lowest BCUT2D eigenvalue weighted by Crippen LogP contribution is -2.31. The smallest absolute Gasteiger partial charge is 0.283 e. The molecule has 1 amide bonds. The van der Waals surface area contributed by atoms with Crippen LogP contribution in [0.5, 0.6) is 17.4 Å². The summed E-state index contributed by atoms with van der Waals surface area (Å²) >= 11 is 0. The quantitative estimate of drug-likeness (QED) is 0.281. The zero-order valence-electron chi connectivity index (χ0n) is 22.7. The van der Waals surface area contributed by atoms with Crippen LogP contribution in [0.25, 0.3) is 11.3 Å². The van der Waals surface area contributed by atoms with Crippen LogP contribution >= 0.6 is 0 Å². The van der Waals surface area contributed by atoms with Crippen LogP contribution in [0.1, 0.15) is 40.9 Å². The molecule has 40 heavy (non-hydrogen) atoms. The van der Waals surface area contributed by atoms with Gasteiger partial charge in [-0.15, -0.1) is 0 Å². The van der Waals surface area contributed by atoms with Crippen LogP contribution in [-0.2, 0) is 10.0 Å². The van der Waals surface area contributed by atoms with Gasteiger partial charge in [-0.1, -0.05) is 31.5 Å². The van der Waals surface area contributed by atoms with E-state index in [1.807, 2.05) is 51.5 Å². The van der Waals surface area contributed by atoms with Crippen LogP contribution in [0.3, 0.4) is 0 Å². The molecule has 9 nitrogen and oxygen atoms in total. The molecule has 4 aromatic rings. The first kappa shape index (κ1) is 28.6. The topological polar surface area (TPSA) is 120 Å². The van der Waals surface area contributed by atoms with Gasteiger partial charge in [-0.3, -0.25) is 9.78 Å². The van der Waals surface area contributed by atoms with Gasteiger partial charge in [-0.2, -0.15) is 8.42 Å². The number of hydrogen-bond acceptors (Lipinski definition) is 8. The largest absolute Gasteiger partial charge is 0.493 e. The number of ether oxygens (including phenoxy) is 2. The van der Waals surface area contributed by atoms with E-state index < -0.39 is 26.8 Å². The number of carbonyl (C=O) groups excluding carboxylic acids is 1. The van der Waals surface area contributed by atoms with Gasteiger partial charge in [0, 0.05) is 24.0 Å². The zero-order valence-corrected chi connectivity index (χ0v) is 23.5. The minimum atomic E-state index is -4.33. The number of amides is 1. The molecule has 0 atom stereocenters. The van der Waals surface area contributed by atoms with Crippen molar-refractivity contribution in [2.45, 2.75) is 39.6 Å². The Kier molecular flexibility index (Phi) is 8.43. The number of hydrogen-bond donors (Lipinski definition) is 1. The summed E-state index contributed by atoms with van der Waals surface area (Å²) in [6, 6.07) is 10.9. The van der Waals surface area contributed by atoms with E-state index in [4.69, 9.17) is 9.47 Å². The number of nitrogens with zero attached hydrogens (tertiary/aromatic N) is 3. The maximum absolute atomic E-state index is 14.5. The van der Waals surface area contributed by atoms with Crippen LogP contribution in [0, 0.1) is 32.5 Å². The van der Waals surface area contributed by atoms with Crippen molar-refractivity contribution in [2.75, 3.05) is 6.61 Å². The molecule has 4 rings (SSSR count). The number of halogens is 1. The fourth-order valence-corrected chi connectivity index (χ4v) is 4.84. The SMILES string of the molecule is Cc1cc(C)c(Oc2nc(-c3cc(F)cc(OCC(C)C)c3)ccc2C(=O)NS(=O)(=O)c2cnccn2)c(C)c1. The number of pyridine rings is 1. The Bertz CT molecular complexity index is 1640. The van der Waals surface area contributed by atoms with Crippen molar-refractivity contribution in [3.05, 3.63) is 89.1 Å². The summed E-state index contributed by atoms with van der Waals surface area (Å²) in [4.78, 5) is 25.2. The summed E-state index contributed by atoms with van der Waals surface area (Å²) < 4.78 is 53.8. The highest BCUT2D eigenvalue weighted by Gasteiger charge is 2.25. The third kappa shape index (κ3) is 6.78. The molecule has 0 aliphatic carbocycles. The van der Waals surface area contributed by atoms with Gasteiger partial charge < -0.3 is 9.47 Å². The van der Waals surface area contributed by atoms with Crippen LogP contribution in [0.2, 0.25) is 0 Å². The lowest BCUT2D eigenvalue weighted by atomic mass is 10.1.